The summed E-state index contributed by atoms with van der Waals surface area (Å²) in [5.41, 5.74) is 3.63. The van der Waals surface area contributed by atoms with Crippen LogP contribution in [0.4, 0.5) is 0 Å². The normalized spacial score (nSPS) is 16.5. The van der Waals surface area contributed by atoms with E-state index in [9.17, 15) is 4.79 Å². The van der Waals surface area contributed by atoms with E-state index in [1.165, 1.54) is 5.56 Å². The van der Waals surface area contributed by atoms with Crippen LogP contribution in [0.1, 0.15) is 35.6 Å². The Labute approximate surface area is 124 Å². The quantitative estimate of drug-likeness (QED) is 0.914. The van der Waals surface area contributed by atoms with Crippen molar-refractivity contribution in [2.24, 2.45) is 0 Å². The zero-order chi connectivity index (χ0) is 14.5. The van der Waals surface area contributed by atoms with Gasteiger partial charge in [0.25, 0.3) is 0 Å². The molecule has 0 fully saturated rings. The molecule has 108 valence electrons. The maximum absolute atomic E-state index is 11.9. The molecule has 21 heavy (non-hydrogen) atoms. The van der Waals surface area contributed by atoms with E-state index in [-0.39, 0.29) is 5.91 Å². The number of pyridine rings is 2. The summed E-state index contributed by atoms with van der Waals surface area (Å²) in [5.74, 6) is 0.474. The molecule has 2 heterocycles. The van der Waals surface area contributed by atoms with Crippen LogP contribution >= 0.6 is 0 Å². The molecule has 0 bridgehead atoms. The van der Waals surface area contributed by atoms with E-state index < -0.39 is 0 Å². The third-order valence-electron chi connectivity index (χ3n) is 4.01. The Bertz CT molecular complexity index is 612. The SMILES string of the molecule is O=C(CCc1ccncc1)NCC1CCc2cccnc21. The number of hydrogen-bond acceptors (Lipinski definition) is 3. The van der Waals surface area contributed by atoms with Gasteiger partial charge in [-0.05, 0) is 48.6 Å². The van der Waals surface area contributed by atoms with Crippen LogP contribution in [-0.4, -0.2) is 22.4 Å². The minimum Gasteiger partial charge on any atom is -0.355 e. The number of aromatic nitrogens is 2. The van der Waals surface area contributed by atoms with E-state index in [1.54, 1.807) is 12.4 Å². The Balaban J connectivity index is 1.47. The van der Waals surface area contributed by atoms with Gasteiger partial charge in [0.1, 0.15) is 0 Å². The van der Waals surface area contributed by atoms with Crippen molar-refractivity contribution >= 4 is 5.91 Å². The van der Waals surface area contributed by atoms with Gasteiger partial charge in [-0.1, -0.05) is 6.07 Å². The largest absolute Gasteiger partial charge is 0.355 e. The van der Waals surface area contributed by atoms with Crippen molar-refractivity contribution in [1.82, 2.24) is 15.3 Å². The van der Waals surface area contributed by atoms with Gasteiger partial charge in [-0.2, -0.15) is 0 Å². The highest BCUT2D eigenvalue weighted by molar-refractivity contribution is 5.76. The standard InChI is InChI=1S/C17H19N3O/c21-16(6-3-13-7-10-18-11-8-13)20-12-15-5-4-14-2-1-9-19-17(14)15/h1-2,7-11,15H,3-6,12H2,(H,20,21). The number of amides is 1. The first-order valence-corrected chi connectivity index (χ1v) is 7.42. The first kappa shape index (κ1) is 13.7. The summed E-state index contributed by atoms with van der Waals surface area (Å²) in [6.07, 6.45) is 8.78. The van der Waals surface area contributed by atoms with E-state index in [2.05, 4.69) is 21.4 Å². The third kappa shape index (κ3) is 3.45. The predicted octanol–water partition coefficient (Wildman–Crippen LogP) is 2.26. The number of hydrogen-bond donors (Lipinski definition) is 1. The van der Waals surface area contributed by atoms with Crippen LogP contribution < -0.4 is 5.32 Å². The van der Waals surface area contributed by atoms with E-state index >= 15 is 0 Å². The fraction of sp³-hybridized carbons (Fsp3) is 0.353. The smallest absolute Gasteiger partial charge is 0.220 e. The van der Waals surface area contributed by atoms with Crippen LogP contribution in [0.5, 0.6) is 0 Å². The molecule has 0 spiro atoms. The first-order valence-electron chi connectivity index (χ1n) is 7.42. The van der Waals surface area contributed by atoms with Crippen LogP contribution in [0.25, 0.3) is 0 Å². The van der Waals surface area contributed by atoms with Crippen molar-refractivity contribution in [2.45, 2.75) is 31.6 Å². The molecule has 0 saturated heterocycles. The van der Waals surface area contributed by atoms with Crippen molar-refractivity contribution in [3.8, 4) is 0 Å². The molecule has 4 nitrogen and oxygen atoms in total. The molecule has 0 radical (unpaired) electrons. The summed E-state index contributed by atoms with van der Waals surface area (Å²) in [4.78, 5) is 20.4. The summed E-state index contributed by atoms with van der Waals surface area (Å²) in [6.45, 7) is 0.694. The number of fused-ring (bicyclic) bond motifs is 1. The molecule has 1 unspecified atom stereocenters. The van der Waals surface area contributed by atoms with Crippen molar-refractivity contribution in [3.63, 3.8) is 0 Å². The van der Waals surface area contributed by atoms with Gasteiger partial charge in [-0.25, -0.2) is 0 Å². The Morgan fingerprint density at radius 1 is 1.24 bits per heavy atom. The highest BCUT2D eigenvalue weighted by Crippen LogP contribution is 2.30. The van der Waals surface area contributed by atoms with Crippen molar-refractivity contribution in [1.29, 1.82) is 0 Å². The van der Waals surface area contributed by atoms with Crippen molar-refractivity contribution in [3.05, 3.63) is 59.7 Å². The van der Waals surface area contributed by atoms with Gasteiger partial charge in [0.2, 0.25) is 5.91 Å². The Morgan fingerprint density at radius 2 is 2.10 bits per heavy atom. The molecule has 0 aromatic carbocycles. The molecule has 1 aliphatic rings. The summed E-state index contributed by atoms with van der Waals surface area (Å²) in [7, 11) is 0. The van der Waals surface area contributed by atoms with Gasteiger partial charge in [-0.15, -0.1) is 0 Å². The zero-order valence-electron chi connectivity index (χ0n) is 12.0. The van der Waals surface area contributed by atoms with Crippen LogP contribution in [0.3, 0.4) is 0 Å². The summed E-state index contributed by atoms with van der Waals surface area (Å²) in [6, 6.07) is 8.01. The monoisotopic (exact) mass is 281 g/mol. The number of nitrogens with one attached hydrogen (secondary N) is 1. The molecule has 4 heteroatoms. The molecule has 2 aromatic heterocycles. The fourth-order valence-corrected chi connectivity index (χ4v) is 2.83. The molecule has 2 aromatic rings. The summed E-state index contributed by atoms with van der Waals surface area (Å²) >= 11 is 0. The molecule has 0 saturated carbocycles. The number of carbonyl (C=O) groups is 1. The fourth-order valence-electron chi connectivity index (χ4n) is 2.83. The highest BCUT2D eigenvalue weighted by Gasteiger charge is 2.23. The van der Waals surface area contributed by atoms with Gasteiger partial charge >= 0.3 is 0 Å². The minimum atomic E-state index is 0.108. The molecular formula is C17H19N3O. The highest BCUT2D eigenvalue weighted by atomic mass is 16.1. The number of carbonyl (C=O) groups excluding carboxylic acids is 1. The average molecular weight is 281 g/mol. The van der Waals surface area contributed by atoms with Crippen LogP contribution in [0.2, 0.25) is 0 Å². The van der Waals surface area contributed by atoms with Gasteiger partial charge in [0, 0.05) is 43.2 Å². The molecular weight excluding hydrogens is 262 g/mol. The van der Waals surface area contributed by atoms with Crippen molar-refractivity contribution in [2.75, 3.05) is 6.54 Å². The van der Waals surface area contributed by atoms with Gasteiger partial charge in [0.05, 0.1) is 0 Å². The number of aryl methyl sites for hydroxylation is 2. The van der Waals surface area contributed by atoms with E-state index in [0.29, 0.717) is 18.9 Å². The lowest BCUT2D eigenvalue weighted by Crippen LogP contribution is -2.28. The first-order chi connectivity index (χ1) is 10.3. The predicted molar refractivity (Wildman–Crippen MR) is 80.9 cm³/mol. The molecule has 0 aliphatic heterocycles. The van der Waals surface area contributed by atoms with Crippen LogP contribution in [-0.2, 0) is 17.6 Å². The lowest BCUT2D eigenvalue weighted by Gasteiger charge is -2.12. The van der Waals surface area contributed by atoms with E-state index in [1.807, 2.05) is 24.4 Å². The molecule has 1 amide bonds. The lowest BCUT2D eigenvalue weighted by atomic mass is 10.1. The van der Waals surface area contributed by atoms with Crippen LogP contribution in [0.15, 0.2) is 42.9 Å². The van der Waals surface area contributed by atoms with Crippen LogP contribution in [0, 0.1) is 0 Å². The molecule has 3 rings (SSSR count). The number of nitrogens with zero attached hydrogens (tertiary/aromatic N) is 2. The Hall–Kier alpha value is -2.23. The van der Waals surface area contributed by atoms with Gasteiger partial charge < -0.3 is 5.32 Å². The molecule has 1 N–H and O–H groups in total. The molecule has 1 aliphatic carbocycles. The Morgan fingerprint density at radius 3 is 2.95 bits per heavy atom. The second-order valence-corrected chi connectivity index (χ2v) is 5.44. The minimum absolute atomic E-state index is 0.108. The number of rotatable bonds is 5. The third-order valence-corrected chi connectivity index (χ3v) is 4.01. The maximum Gasteiger partial charge on any atom is 0.220 e. The van der Waals surface area contributed by atoms with E-state index in [4.69, 9.17) is 0 Å². The summed E-state index contributed by atoms with van der Waals surface area (Å²) in [5, 5.41) is 3.04. The van der Waals surface area contributed by atoms with E-state index in [0.717, 1.165) is 30.5 Å². The zero-order valence-corrected chi connectivity index (χ0v) is 12.0. The average Bonchev–Trinajstić information content (AvgIpc) is 2.95. The maximum atomic E-state index is 11.9. The second-order valence-electron chi connectivity index (χ2n) is 5.44. The molecule has 1 atom stereocenters. The topological polar surface area (TPSA) is 54.9 Å². The Kier molecular flexibility index (Phi) is 4.24. The van der Waals surface area contributed by atoms with Gasteiger partial charge in [0.15, 0.2) is 0 Å². The summed E-state index contributed by atoms with van der Waals surface area (Å²) < 4.78 is 0. The lowest BCUT2D eigenvalue weighted by molar-refractivity contribution is -0.121. The van der Waals surface area contributed by atoms with Crippen molar-refractivity contribution < 1.29 is 4.79 Å². The second kappa shape index (κ2) is 6.48. The van der Waals surface area contributed by atoms with Gasteiger partial charge in [-0.3, -0.25) is 14.8 Å².